The molecule has 102 valence electrons. The van der Waals surface area contributed by atoms with Gasteiger partial charge >= 0.3 is 6.18 Å². The zero-order valence-electron chi connectivity index (χ0n) is 9.50. The zero-order valence-corrected chi connectivity index (χ0v) is 11.1. The minimum absolute atomic E-state index is 0.102. The summed E-state index contributed by atoms with van der Waals surface area (Å²) in [6, 6.07) is 0.102. The van der Waals surface area contributed by atoms with Crippen LogP contribution < -0.4 is 5.32 Å². The number of nitrogens with zero attached hydrogens (tertiary/aromatic N) is 2. The first-order valence-electron chi connectivity index (χ1n) is 5.74. The number of hydrogen-bond acceptors (Lipinski definition) is 4. The predicted octanol–water partition coefficient (Wildman–Crippen LogP) is 3.77. The van der Waals surface area contributed by atoms with Crippen LogP contribution in [0, 0.1) is 5.92 Å². The smallest absolute Gasteiger partial charge is 0.357 e. The van der Waals surface area contributed by atoms with Crippen LogP contribution in [0.2, 0.25) is 0 Å². The highest BCUT2D eigenvalue weighted by Gasteiger charge is 2.36. The van der Waals surface area contributed by atoms with E-state index in [-0.39, 0.29) is 11.2 Å². The molecule has 3 nitrogen and oxygen atoms in total. The number of aromatic nitrogens is 2. The fourth-order valence-electron chi connectivity index (χ4n) is 2.14. The van der Waals surface area contributed by atoms with Crippen LogP contribution in [0.4, 0.5) is 18.3 Å². The lowest BCUT2D eigenvalue weighted by molar-refractivity contribution is -0.138. The molecule has 1 aliphatic carbocycles. The van der Waals surface area contributed by atoms with Crippen LogP contribution in [-0.4, -0.2) is 22.1 Å². The lowest BCUT2D eigenvalue weighted by Crippen LogP contribution is -2.33. The summed E-state index contributed by atoms with van der Waals surface area (Å²) in [5.74, 6) is 0.807. The largest absolute Gasteiger partial charge is 0.445 e. The third-order valence-electron chi connectivity index (χ3n) is 3.08. The van der Waals surface area contributed by atoms with E-state index >= 15 is 0 Å². The second-order valence-electron chi connectivity index (χ2n) is 4.36. The zero-order chi connectivity index (χ0) is 13.2. The molecule has 1 aliphatic rings. The Morgan fingerprint density at radius 2 is 2.00 bits per heavy atom. The second-order valence-corrected chi connectivity index (χ2v) is 5.65. The van der Waals surface area contributed by atoms with Crippen LogP contribution in [0.25, 0.3) is 0 Å². The molecule has 0 radical (unpaired) electrons. The van der Waals surface area contributed by atoms with E-state index in [0.717, 1.165) is 25.7 Å². The van der Waals surface area contributed by atoms with Gasteiger partial charge in [-0.25, -0.2) is 0 Å². The molecule has 0 spiro atoms. The molecule has 8 heteroatoms. The maximum atomic E-state index is 12.4. The third kappa shape index (κ3) is 3.26. The van der Waals surface area contributed by atoms with Crippen molar-refractivity contribution in [3.63, 3.8) is 0 Å². The predicted molar refractivity (Wildman–Crippen MR) is 65.0 cm³/mol. The molecule has 1 fully saturated rings. The number of hydrogen-bond donors (Lipinski definition) is 1. The lowest BCUT2D eigenvalue weighted by Gasteiger charge is -2.30. The number of alkyl halides is 4. The molecule has 18 heavy (non-hydrogen) atoms. The van der Waals surface area contributed by atoms with Gasteiger partial charge < -0.3 is 5.32 Å². The van der Waals surface area contributed by atoms with Crippen molar-refractivity contribution in [2.24, 2.45) is 5.92 Å². The molecule has 2 atom stereocenters. The second kappa shape index (κ2) is 5.61. The van der Waals surface area contributed by atoms with E-state index in [2.05, 4.69) is 15.5 Å². The van der Waals surface area contributed by atoms with Gasteiger partial charge in [0.1, 0.15) is 0 Å². The van der Waals surface area contributed by atoms with Crippen molar-refractivity contribution in [3.05, 3.63) is 5.01 Å². The molecule has 1 saturated carbocycles. The van der Waals surface area contributed by atoms with Crippen LogP contribution in [0.1, 0.15) is 30.7 Å². The quantitative estimate of drug-likeness (QED) is 0.864. The van der Waals surface area contributed by atoms with Crippen LogP contribution in [-0.2, 0) is 6.18 Å². The van der Waals surface area contributed by atoms with E-state index in [1.165, 1.54) is 0 Å². The molecular formula is C10H13ClF3N3S. The first-order valence-corrected chi connectivity index (χ1v) is 7.09. The Bertz CT molecular complexity index is 396. The van der Waals surface area contributed by atoms with Gasteiger partial charge in [-0.05, 0) is 18.8 Å². The summed E-state index contributed by atoms with van der Waals surface area (Å²) in [7, 11) is 0. The average Bonchev–Trinajstić information content (AvgIpc) is 2.78. The van der Waals surface area contributed by atoms with E-state index in [9.17, 15) is 13.2 Å². The van der Waals surface area contributed by atoms with Gasteiger partial charge in [-0.2, -0.15) is 13.2 Å². The van der Waals surface area contributed by atoms with E-state index in [4.69, 9.17) is 11.6 Å². The first-order chi connectivity index (χ1) is 8.50. The van der Waals surface area contributed by atoms with Gasteiger partial charge in [-0.1, -0.05) is 24.2 Å². The van der Waals surface area contributed by atoms with Gasteiger partial charge in [0.2, 0.25) is 10.1 Å². The summed E-state index contributed by atoms with van der Waals surface area (Å²) in [5.41, 5.74) is 0. The Morgan fingerprint density at radius 1 is 1.28 bits per heavy atom. The topological polar surface area (TPSA) is 37.8 Å². The van der Waals surface area contributed by atoms with Gasteiger partial charge in [-0.15, -0.1) is 21.8 Å². The minimum Gasteiger partial charge on any atom is -0.357 e. The fraction of sp³-hybridized carbons (Fsp3) is 0.800. The maximum absolute atomic E-state index is 12.4. The van der Waals surface area contributed by atoms with E-state index in [1.807, 2.05) is 0 Å². The number of rotatable bonds is 3. The third-order valence-corrected chi connectivity index (χ3v) is 4.38. The standard InChI is InChI=1S/C10H13ClF3N3S/c11-5-6-3-1-2-4-7(6)15-9-17-16-8(18-9)10(12,13)14/h6-7H,1-5H2,(H,15,17). The molecule has 0 aliphatic heterocycles. The molecule has 0 amide bonds. The highest BCUT2D eigenvalue weighted by molar-refractivity contribution is 7.15. The molecule has 1 aromatic heterocycles. The summed E-state index contributed by atoms with van der Waals surface area (Å²) in [6.07, 6.45) is -0.310. The number of halogens is 4. The summed E-state index contributed by atoms with van der Waals surface area (Å²) < 4.78 is 37.1. The van der Waals surface area contributed by atoms with Crippen molar-refractivity contribution >= 4 is 28.1 Å². The number of nitrogens with one attached hydrogen (secondary N) is 1. The van der Waals surface area contributed by atoms with Crippen LogP contribution >= 0.6 is 22.9 Å². The van der Waals surface area contributed by atoms with Gasteiger partial charge in [0, 0.05) is 11.9 Å². The highest BCUT2D eigenvalue weighted by atomic mass is 35.5. The number of anilines is 1. The minimum atomic E-state index is -4.42. The molecule has 1 heterocycles. The molecular weight excluding hydrogens is 287 g/mol. The molecule has 1 aromatic rings. The van der Waals surface area contributed by atoms with E-state index in [0.29, 0.717) is 23.1 Å². The van der Waals surface area contributed by atoms with E-state index in [1.54, 1.807) is 0 Å². The van der Waals surface area contributed by atoms with E-state index < -0.39 is 11.2 Å². The van der Waals surface area contributed by atoms with Crippen molar-refractivity contribution in [1.82, 2.24) is 10.2 Å². The Labute approximate surface area is 112 Å². The Kier molecular flexibility index (Phi) is 4.32. The Morgan fingerprint density at radius 3 is 2.61 bits per heavy atom. The van der Waals surface area contributed by atoms with Crippen molar-refractivity contribution in [1.29, 1.82) is 0 Å². The average molecular weight is 300 g/mol. The lowest BCUT2D eigenvalue weighted by atomic mass is 9.86. The van der Waals surface area contributed by atoms with Gasteiger partial charge in [-0.3, -0.25) is 0 Å². The van der Waals surface area contributed by atoms with Crippen molar-refractivity contribution < 1.29 is 13.2 Å². The van der Waals surface area contributed by atoms with Crippen LogP contribution in [0.5, 0.6) is 0 Å². The van der Waals surface area contributed by atoms with Crippen molar-refractivity contribution in [2.75, 3.05) is 11.2 Å². The molecule has 1 N–H and O–H groups in total. The highest BCUT2D eigenvalue weighted by Crippen LogP contribution is 2.34. The van der Waals surface area contributed by atoms with Gasteiger partial charge in [0.05, 0.1) is 0 Å². The molecule has 2 unspecified atom stereocenters. The Hall–Kier alpha value is -0.560. The SMILES string of the molecule is FC(F)(F)c1nnc(NC2CCCCC2CCl)s1. The molecule has 0 aromatic carbocycles. The van der Waals surface area contributed by atoms with Crippen molar-refractivity contribution in [3.8, 4) is 0 Å². The summed E-state index contributed by atoms with van der Waals surface area (Å²) in [5, 5.41) is 9.04. The van der Waals surface area contributed by atoms with Crippen molar-refractivity contribution in [2.45, 2.75) is 37.9 Å². The normalized spacial score (nSPS) is 25.1. The first kappa shape index (κ1) is 13.9. The molecule has 2 rings (SSSR count). The summed E-state index contributed by atoms with van der Waals surface area (Å²) >= 11 is 6.41. The van der Waals surface area contributed by atoms with Crippen LogP contribution in [0.15, 0.2) is 0 Å². The Balaban J connectivity index is 2.02. The van der Waals surface area contributed by atoms with Gasteiger partial charge in [0.15, 0.2) is 0 Å². The van der Waals surface area contributed by atoms with Crippen LogP contribution in [0.3, 0.4) is 0 Å². The molecule has 0 bridgehead atoms. The summed E-state index contributed by atoms with van der Waals surface area (Å²) in [4.78, 5) is 0. The monoisotopic (exact) mass is 299 g/mol. The maximum Gasteiger partial charge on any atom is 0.445 e. The fourth-order valence-corrected chi connectivity index (χ4v) is 3.18. The van der Waals surface area contributed by atoms with Gasteiger partial charge in [0.25, 0.3) is 0 Å². The summed E-state index contributed by atoms with van der Waals surface area (Å²) in [6.45, 7) is 0. The molecule has 0 saturated heterocycles.